The number of hydrogen-bond acceptors (Lipinski definition) is 3. The molecule has 108 valence electrons. The van der Waals surface area contributed by atoms with Crippen molar-refractivity contribution in [3.05, 3.63) is 35.1 Å². The number of halogens is 1. The lowest BCUT2D eigenvalue weighted by Crippen LogP contribution is -2.19. The Morgan fingerprint density at radius 2 is 1.95 bits per heavy atom. The van der Waals surface area contributed by atoms with Gasteiger partial charge in [0.25, 0.3) is 5.78 Å². The maximum Gasteiger partial charge on any atom is 0.379 e. The van der Waals surface area contributed by atoms with Crippen molar-refractivity contribution in [1.82, 2.24) is 0 Å². The molecule has 0 aliphatic heterocycles. The monoisotopic (exact) mass is 278 g/mol. The highest BCUT2D eigenvalue weighted by atomic mass is 19.1. The van der Waals surface area contributed by atoms with Crippen LogP contribution in [0.15, 0.2) is 18.2 Å². The van der Waals surface area contributed by atoms with Gasteiger partial charge in [-0.15, -0.1) is 0 Å². The smallest absolute Gasteiger partial charge is 0.379 e. The molecule has 0 unspecified atom stereocenters. The third-order valence-corrected chi connectivity index (χ3v) is 3.78. The Hall–Kier alpha value is -1.71. The lowest BCUT2D eigenvalue weighted by molar-refractivity contribution is -0.137. The number of carbonyl (C=O) groups is 2. The maximum absolute atomic E-state index is 14.0. The molecular formula is C16H19FO3. The van der Waals surface area contributed by atoms with E-state index in [4.69, 9.17) is 0 Å². The lowest BCUT2D eigenvalue weighted by Gasteiger charge is -2.22. The summed E-state index contributed by atoms with van der Waals surface area (Å²) in [7, 11) is 0. The molecule has 20 heavy (non-hydrogen) atoms. The number of Topliss-reactive ketones (excluding diaryl/α,β-unsaturated/α-hetero) is 1. The zero-order valence-corrected chi connectivity index (χ0v) is 11.7. The first-order chi connectivity index (χ1) is 9.63. The molecule has 1 aromatic rings. The van der Waals surface area contributed by atoms with Crippen LogP contribution in [0, 0.1) is 5.82 Å². The summed E-state index contributed by atoms with van der Waals surface area (Å²) in [5, 5.41) is 0. The summed E-state index contributed by atoms with van der Waals surface area (Å²) >= 11 is 0. The third-order valence-electron chi connectivity index (χ3n) is 3.78. The van der Waals surface area contributed by atoms with E-state index < -0.39 is 17.6 Å². The molecule has 1 aliphatic carbocycles. The van der Waals surface area contributed by atoms with E-state index in [1.54, 1.807) is 13.0 Å². The largest absolute Gasteiger partial charge is 0.460 e. The van der Waals surface area contributed by atoms with Crippen LogP contribution in [0.4, 0.5) is 4.39 Å². The Morgan fingerprint density at radius 1 is 1.25 bits per heavy atom. The fourth-order valence-corrected chi connectivity index (χ4v) is 2.71. The SMILES string of the molecule is CCOC(=O)C(=O)c1ccc(C2CCCCC2)cc1F. The Balaban J connectivity index is 2.17. The number of ketones is 1. The van der Waals surface area contributed by atoms with Crippen molar-refractivity contribution in [1.29, 1.82) is 0 Å². The predicted molar refractivity (Wildman–Crippen MR) is 73.2 cm³/mol. The van der Waals surface area contributed by atoms with Crippen LogP contribution in [0.1, 0.15) is 60.9 Å². The first kappa shape index (κ1) is 14.7. The Kier molecular flexibility index (Phi) is 4.88. The van der Waals surface area contributed by atoms with Gasteiger partial charge in [-0.2, -0.15) is 0 Å². The molecular weight excluding hydrogens is 259 g/mol. The molecule has 0 N–H and O–H groups in total. The highest BCUT2D eigenvalue weighted by molar-refractivity contribution is 6.40. The van der Waals surface area contributed by atoms with E-state index in [2.05, 4.69) is 4.74 Å². The topological polar surface area (TPSA) is 43.4 Å². The van der Waals surface area contributed by atoms with E-state index in [1.807, 2.05) is 0 Å². The van der Waals surface area contributed by atoms with Crippen LogP contribution in [0.5, 0.6) is 0 Å². The van der Waals surface area contributed by atoms with Crippen molar-refractivity contribution in [3.8, 4) is 0 Å². The van der Waals surface area contributed by atoms with Crippen molar-refractivity contribution < 1.29 is 18.7 Å². The Labute approximate surface area is 118 Å². The van der Waals surface area contributed by atoms with Gasteiger partial charge in [0.05, 0.1) is 12.2 Å². The van der Waals surface area contributed by atoms with Gasteiger partial charge < -0.3 is 4.74 Å². The van der Waals surface area contributed by atoms with Crippen LogP contribution in [-0.2, 0) is 9.53 Å². The van der Waals surface area contributed by atoms with Crippen LogP contribution in [0.3, 0.4) is 0 Å². The first-order valence-electron chi connectivity index (χ1n) is 7.14. The summed E-state index contributed by atoms with van der Waals surface area (Å²) < 4.78 is 18.6. The van der Waals surface area contributed by atoms with Crippen molar-refractivity contribution in [2.75, 3.05) is 6.61 Å². The molecule has 0 spiro atoms. The molecule has 1 aromatic carbocycles. The summed E-state index contributed by atoms with van der Waals surface area (Å²) in [6.45, 7) is 1.71. The van der Waals surface area contributed by atoms with E-state index in [9.17, 15) is 14.0 Å². The predicted octanol–water partition coefficient (Wildman–Crippen LogP) is 3.62. The molecule has 0 saturated heterocycles. The van der Waals surface area contributed by atoms with Gasteiger partial charge >= 0.3 is 5.97 Å². The van der Waals surface area contributed by atoms with Gasteiger partial charge in [0, 0.05) is 0 Å². The standard InChI is InChI=1S/C16H19FO3/c1-2-20-16(19)15(18)13-9-8-12(10-14(13)17)11-6-4-3-5-7-11/h8-11H,2-7H2,1H3. The number of benzene rings is 1. The van der Waals surface area contributed by atoms with Gasteiger partial charge in [0.1, 0.15) is 5.82 Å². The second-order valence-corrected chi connectivity index (χ2v) is 5.12. The van der Waals surface area contributed by atoms with E-state index in [-0.39, 0.29) is 12.2 Å². The molecule has 1 saturated carbocycles. The van der Waals surface area contributed by atoms with Crippen LogP contribution >= 0.6 is 0 Å². The minimum atomic E-state index is -1.00. The lowest BCUT2D eigenvalue weighted by atomic mass is 9.83. The van der Waals surface area contributed by atoms with Gasteiger partial charge in [0.15, 0.2) is 0 Å². The van der Waals surface area contributed by atoms with Gasteiger partial charge in [0.2, 0.25) is 0 Å². The number of esters is 1. The number of rotatable bonds is 4. The molecule has 3 nitrogen and oxygen atoms in total. The summed E-state index contributed by atoms with van der Waals surface area (Å²) in [4.78, 5) is 23.1. The molecule has 0 radical (unpaired) electrons. The van der Waals surface area contributed by atoms with Crippen molar-refractivity contribution in [2.24, 2.45) is 0 Å². The van der Waals surface area contributed by atoms with Crippen LogP contribution in [0.2, 0.25) is 0 Å². The average molecular weight is 278 g/mol. The van der Waals surface area contributed by atoms with Gasteiger partial charge in [-0.05, 0) is 43.4 Å². The molecule has 2 rings (SSSR count). The highest BCUT2D eigenvalue weighted by Gasteiger charge is 2.23. The minimum Gasteiger partial charge on any atom is -0.460 e. The number of ether oxygens (including phenoxy) is 1. The van der Waals surface area contributed by atoms with E-state index >= 15 is 0 Å². The zero-order valence-electron chi connectivity index (χ0n) is 11.7. The van der Waals surface area contributed by atoms with Crippen LogP contribution in [-0.4, -0.2) is 18.4 Å². The van der Waals surface area contributed by atoms with Crippen LogP contribution < -0.4 is 0 Å². The quantitative estimate of drug-likeness (QED) is 0.480. The third kappa shape index (κ3) is 3.24. The molecule has 0 amide bonds. The van der Waals surface area contributed by atoms with E-state index in [1.165, 1.54) is 18.6 Å². The summed E-state index contributed by atoms with van der Waals surface area (Å²) in [6.07, 6.45) is 5.68. The number of carbonyl (C=O) groups excluding carboxylic acids is 2. The highest BCUT2D eigenvalue weighted by Crippen LogP contribution is 2.33. The molecule has 0 heterocycles. The molecule has 1 aliphatic rings. The molecule has 1 fully saturated rings. The van der Waals surface area contributed by atoms with Crippen LogP contribution in [0.25, 0.3) is 0 Å². The molecule has 4 heteroatoms. The van der Waals surface area contributed by atoms with Crippen molar-refractivity contribution in [3.63, 3.8) is 0 Å². The normalized spacial score (nSPS) is 15.9. The maximum atomic E-state index is 14.0. The summed E-state index contributed by atoms with van der Waals surface area (Å²) in [5.74, 6) is -2.19. The van der Waals surface area contributed by atoms with E-state index in [0.29, 0.717) is 5.92 Å². The molecule has 0 atom stereocenters. The van der Waals surface area contributed by atoms with Gasteiger partial charge in [-0.25, -0.2) is 9.18 Å². The fraction of sp³-hybridized carbons (Fsp3) is 0.500. The van der Waals surface area contributed by atoms with Gasteiger partial charge in [-0.1, -0.05) is 25.3 Å². The van der Waals surface area contributed by atoms with E-state index in [0.717, 1.165) is 31.2 Å². The van der Waals surface area contributed by atoms with Crippen molar-refractivity contribution >= 4 is 11.8 Å². The second kappa shape index (κ2) is 6.64. The molecule has 0 aromatic heterocycles. The Morgan fingerprint density at radius 3 is 2.55 bits per heavy atom. The zero-order chi connectivity index (χ0) is 14.5. The fourth-order valence-electron chi connectivity index (χ4n) is 2.71. The molecule has 0 bridgehead atoms. The average Bonchev–Trinajstić information content (AvgIpc) is 2.47. The summed E-state index contributed by atoms with van der Waals surface area (Å²) in [5.41, 5.74) is 0.714. The minimum absolute atomic E-state index is 0.104. The van der Waals surface area contributed by atoms with Crippen molar-refractivity contribution in [2.45, 2.75) is 44.9 Å². The second-order valence-electron chi connectivity index (χ2n) is 5.12. The summed E-state index contributed by atoms with van der Waals surface area (Å²) in [6, 6.07) is 4.55. The number of hydrogen-bond donors (Lipinski definition) is 0. The van der Waals surface area contributed by atoms with Gasteiger partial charge in [-0.3, -0.25) is 4.79 Å². The first-order valence-corrected chi connectivity index (χ1v) is 7.14. The Bertz CT molecular complexity index is 504.